The minimum atomic E-state index is -4.52. The van der Waals surface area contributed by atoms with Gasteiger partial charge in [-0.1, -0.05) is 42.5 Å². The summed E-state index contributed by atoms with van der Waals surface area (Å²) in [5.74, 6) is -1.21. The molecule has 0 aliphatic heterocycles. The highest BCUT2D eigenvalue weighted by Gasteiger charge is 2.33. The molecule has 0 radical (unpaired) electrons. The average molecular weight is 292 g/mol. The van der Waals surface area contributed by atoms with Crippen LogP contribution in [0.25, 0.3) is 17.2 Å². The molecule has 0 aliphatic carbocycles. The van der Waals surface area contributed by atoms with Crippen molar-refractivity contribution < 1.29 is 23.1 Å². The number of hydrogen-bond acceptors (Lipinski definition) is 1. The summed E-state index contributed by atoms with van der Waals surface area (Å²) in [4.78, 5) is 10.4. The Morgan fingerprint density at radius 3 is 2.29 bits per heavy atom. The molecule has 0 saturated heterocycles. The summed E-state index contributed by atoms with van der Waals surface area (Å²) >= 11 is 0. The molecule has 0 aromatic heterocycles. The van der Waals surface area contributed by atoms with Crippen molar-refractivity contribution in [1.29, 1.82) is 0 Å². The molecular formula is C16H11F3O2. The summed E-state index contributed by atoms with van der Waals surface area (Å²) < 4.78 is 39.5. The summed E-state index contributed by atoms with van der Waals surface area (Å²) in [7, 11) is 0. The Labute approximate surface area is 119 Å². The van der Waals surface area contributed by atoms with E-state index in [0.717, 1.165) is 18.2 Å². The van der Waals surface area contributed by atoms with Gasteiger partial charge in [-0.25, -0.2) is 4.79 Å². The number of carboxylic acid groups (broad SMARTS) is 1. The molecule has 108 valence electrons. The first kappa shape index (κ1) is 14.8. The number of alkyl halides is 3. The van der Waals surface area contributed by atoms with Gasteiger partial charge in [-0.3, -0.25) is 0 Å². The van der Waals surface area contributed by atoms with Gasteiger partial charge in [-0.05, 0) is 28.8 Å². The van der Waals surface area contributed by atoms with E-state index in [2.05, 4.69) is 0 Å². The number of halogens is 3. The van der Waals surface area contributed by atoms with Crippen molar-refractivity contribution in [2.24, 2.45) is 0 Å². The Morgan fingerprint density at radius 1 is 1.05 bits per heavy atom. The lowest BCUT2D eigenvalue weighted by Crippen LogP contribution is -2.07. The quantitative estimate of drug-likeness (QED) is 0.847. The van der Waals surface area contributed by atoms with E-state index in [1.54, 1.807) is 30.3 Å². The van der Waals surface area contributed by atoms with Gasteiger partial charge in [0.2, 0.25) is 0 Å². The predicted octanol–water partition coefficient (Wildman–Crippen LogP) is 4.47. The van der Waals surface area contributed by atoms with E-state index >= 15 is 0 Å². The van der Waals surface area contributed by atoms with E-state index in [0.29, 0.717) is 5.56 Å². The number of carbonyl (C=O) groups is 1. The van der Waals surface area contributed by atoms with Crippen LogP contribution in [0.3, 0.4) is 0 Å². The van der Waals surface area contributed by atoms with Crippen molar-refractivity contribution in [3.63, 3.8) is 0 Å². The lowest BCUT2D eigenvalue weighted by atomic mass is 9.97. The Hall–Kier alpha value is -2.56. The van der Waals surface area contributed by atoms with Crippen molar-refractivity contribution in [1.82, 2.24) is 0 Å². The minimum absolute atomic E-state index is 0.0653. The number of aliphatic carboxylic acids is 1. The molecule has 0 bridgehead atoms. The molecule has 0 fully saturated rings. The first-order valence-electron chi connectivity index (χ1n) is 6.05. The fourth-order valence-corrected chi connectivity index (χ4v) is 1.94. The Kier molecular flexibility index (Phi) is 4.12. The van der Waals surface area contributed by atoms with Gasteiger partial charge >= 0.3 is 12.1 Å². The molecule has 0 saturated carbocycles. The van der Waals surface area contributed by atoms with Gasteiger partial charge in [0, 0.05) is 6.08 Å². The molecule has 0 heterocycles. The second kappa shape index (κ2) is 5.83. The van der Waals surface area contributed by atoms with Crippen LogP contribution in [0.2, 0.25) is 0 Å². The van der Waals surface area contributed by atoms with Gasteiger partial charge in [-0.2, -0.15) is 13.2 Å². The third kappa shape index (κ3) is 3.72. The summed E-state index contributed by atoms with van der Waals surface area (Å²) in [5.41, 5.74) is -0.0835. The molecule has 1 N–H and O–H groups in total. The monoisotopic (exact) mass is 292 g/mol. The number of benzene rings is 2. The Bertz CT molecular complexity index is 674. The van der Waals surface area contributed by atoms with E-state index in [1.807, 2.05) is 0 Å². The highest BCUT2D eigenvalue weighted by atomic mass is 19.4. The second-order valence-electron chi connectivity index (χ2n) is 4.34. The molecule has 2 aromatic rings. The van der Waals surface area contributed by atoms with E-state index in [1.165, 1.54) is 12.1 Å². The van der Waals surface area contributed by atoms with E-state index in [9.17, 15) is 18.0 Å². The first-order chi connectivity index (χ1) is 9.88. The van der Waals surface area contributed by atoms with Crippen molar-refractivity contribution in [2.45, 2.75) is 6.18 Å². The van der Waals surface area contributed by atoms with E-state index in [4.69, 9.17) is 5.11 Å². The molecule has 0 aliphatic rings. The lowest BCUT2D eigenvalue weighted by molar-refractivity contribution is -0.137. The summed E-state index contributed by atoms with van der Waals surface area (Å²) in [6.45, 7) is 0. The van der Waals surface area contributed by atoms with Crippen LogP contribution in [-0.4, -0.2) is 11.1 Å². The second-order valence-corrected chi connectivity index (χ2v) is 4.34. The third-order valence-corrected chi connectivity index (χ3v) is 2.85. The highest BCUT2D eigenvalue weighted by Crippen LogP contribution is 2.37. The van der Waals surface area contributed by atoms with Crippen LogP contribution in [0, 0.1) is 0 Å². The standard InChI is InChI=1S/C16H11F3O2/c17-16(18,19)14-10-11(7-9-15(20)21)6-8-13(14)12-4-2-1-3-5-12/h1-10H,(H,20,21)/b9-7+. The molecule has 2 aromatic carbocycles. The van der Waals surface area contributed by atoms with Crippen molar-refractivity contribution >= 4 is 12.0 Å². The summed E-state index contributed by atoms with van der Waals surface area (Å²) in [6.07, 6.45) is -2.58. The fraction of sp³-hybridized carbons (Fsp3) is 0.0625. The number of carboxylic acids is 1. The van der Waals surface area contributed by atoms with Crippen LogP contribution in [0.4, 0.5) is 13.2 Å². The average Bonchev–Trinajstić information content (AvgIpc) is 2.45. The SMILES string of the molecule is O=C(O)/C=C/c1ccc(-c2ccccc2)c(C(F)(F)F)c1. The Balaban J connectivity index is 2.54. The molecule has 5 heteroatoms. The predicted molar refractivity (Wildman–Crippen MR) is 73.5 cm³/mol. The normalized spacial score (nSPS) is 11.8. The van der Waals surface area contributed by atoms with Gasteiger partial charge in [0.05, 0.1) is 5.56 Å². The molecule has 0 unspecified atom stereocenters. The molecule has 0 amide bonds. The summed E-state index contributed by atoms with van der Waals surface area (Å²) in [6, 6.07) is 12.0. The van der Waals surface area contributed by atoms with E-state index < -0.39 is 17.7 Å². The molecular weight excluding hydrogens is 281 g/mol. The van der Waals surface area contributed by atoms with Gasteiger partial charge in [0.15, 0.2) is 0 Å². The first-order valence-corrected chi connectivity index (χ1v) is 6.05. The fourth-order valence-electron chi connectivity index (χ4n) is 1.94. The summed E-state index contributed by atoms with van der Waals surface area (Å²) in [5, 5.41) is 8.53. The number of hydrogen-bond donors (Lipinski definition) is 1. The van der Waals surface area contributed by atoms with Crippen LogP contribution in [0.1, 0.15) is 11.1 Å². The van der Waals surface area contributed by atoms with Crippen molar-refractivity contribution in [3.8, 4) is 11.1 Å². The smallest absolute Gasteiger partial charge is 0.417 e. The van der Waals surface area contributed by atoms with E-state index in [-0.39, 0.29) is 11.1 Å². The highest BCUT2D eigenvalue weighted by molar-refractivity contribution is 5.85. The third-order valence-electron chi connectivity index (χ3n) is 2.85. The zero-order valence-electron chi connectivity index (χ0n) is 10.8. The van der Waals surface area contributed by atoms with Gasteiger partial charge in [-0.15, -0.1) is 0 Å². The van der Waals surface area contributed by atoms with Crippen LogP contribution in [-0.2, 0) is 11.0 Å². The van der Waals surface area contributed by atoms with Crippen LogP contribution in [0.5, 0.6) is 0 Å². The molecule has 2 rings (SSSR count). The van der Waals surface area contributed by atoms with Gasteiger partial charge in [0.1, 0.15) is 0 Å². The molecule has 0 atom stereocenters. The van der Waals surface area contributed by atoms with Crippen molar-refractivity contribution in [3.05, 3.63) is 65.7 Å². The number of rotatable bonds is 3. The zero-order valence-corrected chi connectivity index (χ0v) is 10.8. The zero-order chi connectivity index (χ0) is 15.5. The van der Waals surface area contributed by atoms with Crippen LogP contribution < -0.4 is 0 Å². The minimum Gasteiger partial charge on any atom is -0.478 e. The maximum Gasteiger partial charge on any atom is 0.417 e. The molecule has 2 nitrogen and oxygen atoms in total. The maximum atomic E-state index is 13.2. The van der Waals surface area contributed by atoms with Crippen LogP contribution >= 0.6 is 0 Å². The van der Waals surface area contributed by atoms with Crippen LogP contribution in [0.15, 0.2) is 54.6 Å². The largest absolute Gasteiger partial charge is 0.478 e. The Morgan fingerprint density at radius 2 is 1.71 bits per heavy atom. The topological polar surface area (TPSA) is 37.3 Å². The lowest BCUT2D eigenvalue weighted by Gasteiger charge is -2.14. The maximum absolute atomic E-state index is 13.2. The van der Waals surface area contributed by atoms with Gasteiger partial charge in [0.25, 0.3) is 0 Å². The van der Waals surface area contributed by atoms with Gasteiger partial charge < -0.3 is 5.11 Å². The van der Waals surface area contributed by atoms with Crippen molar-refractivity contribution in [2.75, 3.05) is 0 Å². The molecule has 21 heavy (non-hydrogen) atoms. The molecule has 0 spiro atoms.